The zero-order chi connectivity index (χ0) is 31.0. The minimum Gasteiger partial charge on any atom is -0.453 e. The van der Waals surface area contributed by atoms with Crippen molar-refractivity contribution in [3.63, 3.8) is 0 Å². The van der Waals surface area contributed by atoms with Crippen LogP contribution in [0.25, 0.3) is 11.1 Å². The van der Waals surface area contributed by atoms with Crippen molar-refractivity contribution >= 4 is 52.7 Å². The van der Waals surface area contributed by atoms with Crippen molar-refractivity contribution in [2.24, 2.45) is 0 Å². The third kappa shape index (κ3) is 5.79. The molecule has 3 aliphatic rings. The number of fused-ring (bicyclic) bond motifs is 6. The fourth-order valence-corrected chi connectivity index (χ4v) is 6.43. The van der Waals surface area contributed by atoms with Gasteiger partial charge in [-0.15, -0.1) is 0 Å². The number of hydrogen-bond acceptors (Lipinski definition) is 6. The van der Waals surface area contributed by atoms with Gasteiger partial charge in [-0.05, 0) is 66.4 Å². The van der Waals surface area contributed by atoms with E-state index in [0.29, 0.717) is 76.6 Å². The van der Waals surface area contributed by atoms with E-state index in [9.17, 15) is 19.2 Å². The van der Waals surface area contributed by atoms with Crippen molar-refractivity contribution in [2.45, 2.75) is 43.6 Å². The summed E-state index contributed by atoms with van der Waals surface area (Å²) in [6.45, 7) is 0.463. The van der Waals surface area contributed by atoms with Gasteiger partial charge < -0.3 is 19.7 Å². The first kappa shape index (κ1) is 29.4. The molecule has 1 fully saturated rings. The van der Waals surface area contributed by atoms with Crippen LogP contribution >= 0.6 is 11.6 Å². The third-order valence-corrected chi connectivity index (χ3v) is 8.58. The monoisotopic (exact) mass is 620 g/mol. The lowest BCUT2D eigenvalue weighted by Gasteiger charge is -2.35. The predicted octanol–water partition coefficient (Wildman–Crippen LogP) is 6.61. The molecule has 44 heavy (non-hydrogen) atoms. The number of nitrogens with one attached hydrogen (secondary N) is 3. The topological polar surface area (TPSA) is 126 Å². The number of ether oxygens (including phenoxy) is 2. The molecule has 1 unspecified atom stereocenters. The van der Waals surface area contributed by atoms with Crippen molar-refractivity contribution in [3.8, 4) is 11.1 Å². The summed E-state index contributed by atoms with van der Waals surface area (Å²) in [7, 11) is 1.24. The molecule has 12 heteroatoms. The first-order valence-corrected chi connectivity index (χ1v) is 14.7. The molecule has 2 atom stereocenters. The number of methoxy groups -OCH3 is 1. The molecule has 0 aliphatic carbocycles. The number of hydrogen-bond donors (Lipinski definition) is 3. The smallest absolute Gasteiger partial charge is 0.412 e. The van der Waals surface area contributed by atoms with E-state index in [1.54, 1.807) is 47.4 Å². The lowest BCUT2D eigenvalue weighted by molar-refractivity contribution is -0.133. The Bertz CT molecular complexity index is 1680. The van der Waals surface area contributed by atoms with E-state index in [1.807, 2.05) is 0 Å². The second kappa shape index (κ2) is 11.8. The summed E-state index contributed by atoms with van der Waals surface area (Å²) in [5, 5.41) is 8.63. The van der Waals surface area contributed by atoms with E-state index in [0.717, 1.165) is 0 Å². The summed E-state index contributed by atoms with van der Waals surface area (Å²) in [5.74, 6) is -1.68. The largest absolute Gasteiger partial charge is 0.453 e. The van der Waals surface area contributed by atoms with E-state index >= 15 is 4.39 Å². The lowest BCUT2D eigenvalue weighted by Crippen LogP contribution is -2.43. The van der Waals surface area contributed by atoms with Gasteiger partial charge in [0.2, 0.25) is 11.8 Å². The molecule has 1 saturated heterocycles. The fourth-order valence-electron chi connectivity index (χ4n) is 6.26. The average molecular weight is 621 g/mol. The van der Waals surface area contributed by atoms with Gasteiger partial charge >= 0.3 is 12.2 Å². The molecule has 228 valence electrons. The molecular formula is C32H30ClFN4O6. The number of benzene rings is 3. The van der Waals surface area contributed by atoms with Gasteiger partial charge in [0, 0.05) is 41.2 Å². The summed E-state index contributed by atoms with van der Waals surface area (Å²) in [6, 6.07) is 14.5. The molecule has 3 N–H and O–H groups in total. The molecule has 0 saturated carbocycles. The minimum atomic E-state index is -1.05. The Morgan fingerprint density at radius 2 is 1.91 bits per heavy atom. The van der Waals surface area contributed by atoms with Crippen LogP contribution in [0.2, 0.25) is 5.02 Å². The van der Waals surface area contributed by atoms with E-state index in [2.05, 4.69) is 20.7 Å². The molecule has 10 nitrogen and oxygen atoms in total. The molecule has 3 aliphatic heterocycles. The zero-order valence-electron chi connectivity index (χ0n) is 23.9. The highest BCUT2D eigenvalue weighted by molar-refractivity contribution is 6.30. The van der Waals surface area contributed by atoms with Crippen LogP contribution < -0.4 is 16.0 Å². The number of likely N-dealkylation sites (tertiary alicyclic amines) is 1. The van der Waals surface area contributed by atoms with Gasteiger partial charge in [0.25, 0.3) is 0 Å². The normalized spacial score (nSPS) is 21.1. The Morgan fingerprint density at radius 1 is 1.07 bits per heavy atom. The molecular weight excluding hydrogens is 591 g/mol. The van der Waals surface area contributed by atoms with Crippen LogP contribution in [0.4, 0.5) is 31.0 Å². The van der Waals surface area contributed by atoms with Crippen LogP contribution in [0.15, 0.2) is 54.6 Å². The van der Waals surface area contributed by atoms with Crippen LogP contribution in [0.1, 0.15) is 49.1 Å². The first-order chi connectivity index (χ1) is 21.1. The minimum absolute atomic E-state index is 0.131. The van der Waals surface area contributed by atoms with Gasteiger partial charge in [0.15, 0.2) is 5.60 Å². The van der Waals surface area contributed by atoms with Gasteiger partial charge in [0.1, 0.15) is 5.82 Å². The lowest BCUT2D eigenvalue weighted by atomic mass is 9.88. The molecule has 0 aromatic heterocycles. The van der Waals surface area contributed by atoms with Crippen molar-refractivity contribution in [1.29, 1.82) is 0 Å². The van der Waals surface area contributed by atoms with Crippen molar-refractivity contribution in [1.82, 2.24) is 4.90 Å². The van der Waals surface area contributed by atoms with E-state index in [-0.39, 0.29) is 24.8 Å². The summed E-state index contributed by atoms with van der Waals surface area (Å²) >= 11 is 6.28. The highest BCUT2D eigenvalue weighted by Crippen LogP contribution is 2.45. The van der Waals surface area contributed by atoms with Crippen molar-refractivity contribution in [2.75, 3.05) is 36.1 Å². The van der Waals surface area contributed by atoms with Crippen molar-refractivity contribution < 1.29 is 33.0 Å². The Labute approximate surface area is 257 Å². The Morgan fingerprint density at radius 3 is 2.73 bits per heavy atom. The number of anilines is 3. The van der Waals surface area contributed by atoms with Crippen LogP contribution in [0.3, 0.4) is 0 Å². The van der Waals surface area contributed by atoms with Crippen LogP contribution in [-0.4, -0.2) is 49.1 Å². The molecule has 3 aromatic carbocycles. The highest BCUT2D eigenvalue weighted by Gasteiger charge is 2.49. The highest BCUT2D eigenvalue weighted by atomic mass is 35.5. The number of amides is 4. The summed E-state index contributed by atoms with van der Waals surface area (Å²) in [4.78, 5) is 53.0. The van der Waals surface area contributed by atoms with Gasteiger partial charge in [-0.2, -0.15) is 0 Å². The van der Waals surface area contributed by atoms with Gasteiger partial charge in [-0.3, -0.25) is 20.2 Å². The summed E-state index contributed by atoms with van der Waals surface area (Å²) < 4.78 is 25.7. The standard InChI is InChI=1S/C32H30ClFN4O6/c1-43-30(41)35-22-7-8-23-18-12-19(14-21(34)13-18)24(4-2-3-5-28(39)36-27(23)16-22)29(40)38-11-10-32(17-38)25-15-20(33)6-9-26(25)37-31(42)44-32/h6-9,12-16,24H,2-5,10-11,17H2,1H3,(H,35,41)(H,36,39)(H,37,42)/t24?,32-/m0/s1. The predicted molar refractivity (Wildman–Crippen MR) is 162 cm³/mol. The molecule has 3 heterocycles. The maximum Gasteiger partial charge on any atom is 0.412 e. The maximum absolute atomic E-state index is 15.2. The second-order valence-electron chi connectivity index (χ2n) is 11.2. The molecule has 2 bridgehead atoms. The quantitative estimate of drug-likeness (QED) is 0.296. The zero-order valence-corrected chi connectivity index (χ0v) is 24.6. The van der Waals surface area contributed by atoms with Crippen LogP contribution in [0, 0.1) is 5.82 Å². The summed E-state index contributed by atoms with van der Waals surface area (Å²) in [5.41, 5.74) is 2.50. The number of carbonyl (C=O) groups is 4. The average Bonchev–Trinajstić information content (AvgIpc) is 3.40. The number of nitrogens with zero attached hydrogens (tertiary/aromatic N) is 1. The van der Waals surface area contributed by atoms with E-state index in [1.165, 1.54) is 19.2 Å². The fraction of sp³-hybridized carbons (Fsp3) is 0.312. The summed E-state index contributed by atoms with van der Waals surface area (Å²) in [6.07, 6.45) is 0.776. The van der Waals surface area contributed by atoms with Crippen LogP contribution in [0.5, 0.6) is 0 Å². The van der Waals surface area contributed by atoms with Gasteiger partial charge in [-0.1, -0.05) is 30.2 Å². The number of halogens is 2. The number of carbonyl (C=O) groups excluding carboxylic acids is 4. The SMILES string of the molecule is COC(=O)Nc1ccc2c(c1)NC(=O)CCCCC(C(=O)N1CC[C@@]3(C1)OC(=O)Nc1ccc(Cl)cc13)c1cc(F)cc-2c1. The molecule has 6 rings (SSSR count). The molecule has 1 spiro atoms. The number of rotatable bonds is 2. The van der Waals surface area contributed by atoms with Crippen molar-refractivity contribution in [3.05, 3.63) is 76.6 Å². The van der Waals surface area contributed by atoms with E-state index < -0.39 is 29.5 Å². The van der Waals surface area contributed by atoms with Gasteiger partial charge in [0.05, 0.1) is 30.9 Å². The Hall–Kier alpha value is -4.64. The second-order valence-corrected chi connectivity index (χ2v) is 11.6. The Kier molecular flexibility index (Phi) is 7.89. The van der Waals surface area contributed by atoms with Crippen LogP contribution in [-0.2, 0) is 24.7 Å². The van der Waals surface area contributed by atoms with E-state index in [4.69, 9.17) is 16.3 Å². The molecule has 4 amide bonds. The molecule has 3 aromatic rings. The molecule has 0 radical (unpaired) electrons. The Balaban J connectivity index is 1.35. The third-order valence-electron chi connectivity index (χ3n) is 8.34. The maximum atomic E-state index is 15.2. The first-order valence-electron chi connectivity index (χ1n) is 14.3. The van der Waals surface area contributed by atoms with Gasteiger partial charge in [-0.25, -0.2) is 14.0 Å².